The Bertz CT molecular complexity index is 584. The van der Waals surface area contributed by atoms with Crippen LogP contribution in [0.4, 0.5) is 15.8 Å². The molecule has 1 aromatic heterocycles. The molecule has 3 N–H and O–H groups in total. The Balaban J connectivity index is 1.90. The summed E-state index contributed by atoms with van der Waals surface area (Å²) in [7, 11) is 1.79. The maximum atomic E-state index is 13.1. The second kappa shape index (κ2) is 6.21. The van der Waals surface area contributed by atoms with Gasteiger partial charge in [0, 0.05) is 0 Å². The Morgan fingerprint density at radius 1 is 1.45 bits per heavy atom. The molecule has 0 saturated carbocycles. The summed E-state index contributed by atoms with van der Waals surface area (Å²) >= 11 is 0. The summed E-state index contributed by atoms with van der Waals surface area (Å²) in [5, 5.41) is 2.59. The Kier molecular flexibility index (Phi) is 4.37. The van der Waals surface area contributed by atoms with Crippen molar-refractivity contribution in [2.24, 2.45) is 0 Å². The molecule has 6 heteroatoms. The van der Waals surface area contributed by atoms with Crippen LogP contribution < -0.4 is 11.1 Å². The molecule has 0 aliphatic rings. The van der Waals surface area contributed by atoms with Gasteiger partial charge in [0.25, 0.3) is 0 Å². The lowest BCUT2D eigenvalue weighted by atomic mass is 10.2. The first kappa shape index (κ1) is 14.1. The van der Waals surface area contributed by atoms with Crippen LogP contribution in [0.1, 0.15) is 5.76 Å². The molecule has 1 amide bonds. The fourth-order valence-electron chi connectivity index (χ4n) is 1.80. The van der Waals surface area contributed by atoms with E-state index in [-0.39, 0.29) is 18.1 Å². The molecule has 0 bridgehead atoms. The lowest BCUT2D eigenvalue weighted by Crippen LogP contribution is -2.30. The third-order valence-electron chi connectivity index (χ3n) is 2.71. The van der Waals surface area contributed by atoms with Crippen molar-refractivity contribution in [3.8, 4) is 0 Å². The number of benzene rings is 1. The molecule has 0 aliphatic heterocycles. The van der Waals surface area contributed by atoms with Crippen LogP contribution >= 0.6 is 0 Å². The quantitative estimate of drug-likeness (QED) is 0.821. The number of nitrogen functional groups attached to an aromatic ring is 1. The number of hydrogen-bond donors (Lipinski definition) is 2. The van der Waals surface area contributed by atoms with Crippen molar-refractivity contribution >= 4 is 17.3 Å². The molecule has 5 nitrogen and oxygen atoms in total. The molecule has 0 aliphatic carbocycles. The Labute approximate surface area is 116 Å². The van der Waals surface area contributed by atoms with Crippen LogP contribution in [0.3, 0.4) is 0 Å². The molecule has 0 radical (unpaired) electrons. The predicted octanol–water partition coefficient (Wildman–Crippen LogP) is 2.07. The van der Waals surface area contributed by atoms with E-state index >= 15 is 0 Å². The summed E-state index contributed by atoms with van der Waals surface area (Å²) in [4.78, 5) is 13.6. The van der Waals surface area contributed by atoms with Gasteiger partial charge in [0.2, 0.25) is 5.91 Å². The Morgan fingerprint density at radius 3 is 2.95 bits per heavy atom. The van der Waals surface area contributed by atoms with E-state index in [1.165, 1.54) is 18.2 Å². The number of anilines is 2. The average molecular weight is 277 g/mol. The van der Waals surface area contributed by atoms with Crippen molar-refractivity contribution in [1.82, 2.24) is 4.90 Å². The van der Waals surface area contributed by atoms with Gasteiger partial charge in [-0.2, -0.15) is 0 Å². The number of nitrogens with zero attached hydrogens (tertiary/aromatic N) is 1. The van der Waals surface area contributed by atoms with Crippen LogP contribution in [0.5, 0.6) is 0 Å². The summed E-state index contributed by atoms with van der Waals surface area (Å²) in [6.45, 7) is 0.662. The molecule has 20 heavy (non-hydrogen) atoms. The maximum Gasteiger partial charge on any atom is 0.238 e. The molecule has 2 aromatic rings. The van der Waals surface area contributed by atoms with Gasteiger partial charge < -0.3 is 15.5 Å². The Morgan fingerprint density at radius 2 is 2.25 bits per heavy atom. The minimum atomic E-state index is -0.446. The number of likely N-dealkylation sites (N-methyl/N-ethyl adjacent to an activating group) is 1. The lowest BCUT2D eigenvalue weighted by molar-refractivity contribution is -0.117. The third kappa shape index (κ3) is 3.83. The number of rotatable bonds is 5. The zero-order valence-electron chi connectivity index (χ0n) is 11.1. The first-order valence-electron chi connectivity index (χ1n) is 6.10. The van der Waals surface area contributed by atoms with Gasteiger partial charge in [-0.05, 0) is 37.4 Å². The van der Waals surface area contributed by atoms with Gasteiger partial charge in [0.15, 0.2) is 0 Å². The largest absolute Gasteiger partial charge is 0.468 e. The highest BCUT2D eigenvalue weighted by Crippen LogP contribution is 2.19. The number of carbonyl (C=O) groups excluding carboxylic acids is 1. The van der Waals surface area contributed by atoms with E-state index in [1.54, 1.807) is 24.3 Å². The fraction of sp³-hybridized carbons (Fsp3) is 0.214. The molecular weight excluding hydrogens is 261 g/mol. The molecule has 0 atom stereocenters. The van der Waals surface area contributed by atoms with Crippen LogP contribution in [0.15, 0.2) is 41.0 Å². The molecule has 1 heterocycles. The summed E-state index contributed by atoms with van der Waals surface area (Å²) in [6.07, 6.45) is 1.58. The molecule has 1 aromatic carbocycles. The lowest BCUT2D eigenvalue weighted by Gasteiger charge is -2.15. The van der Waals surface area contributed by atoms with E-state index < -0.39 is 5.82 Å². The van der Waals surface area contributed by atoms with E-state index in [1.807, 2.05) is 6.07 Å². The molecule has 0 spiro atoms. The van der Waals surface area contributed by atoms with Gasteiger partial charge in [-0.3, -0.25) is 9.69 Å². The van der Waals surface area contributed by atoms with E-state index in [0.717, 1.165) is 5.76 Å². The number of amides is 1. The topological polar surface area (TPSA) is 71.5 Å². The first-order chi connectivity index (χ1) is 9.54. The number of hydrogen-bond acceptors (Lipinski definition) is 4. The minimum Gasteiger partial charge on any atom is -0.468 e. The molecule has 106 valence electrons. The first-order valence-corrected chi connectivity index (χ1v) is 6.10. The second-order valence-electron chi connectivity index (χ2n) is 4.53. The molecule has 0 unspecified atom stereocenters. The van der Waals surface area contributed by atoms with Crippen LogP contribution in [0.25, 0.3) is 0 Å². The van der Waals surface area contributed by atoms with Gasteiger partial charge in [0.1, 0.15) is 11.6 Å². The Hall–Kier alpha value is -2.34. The van der Waals surface area contributed by atoms with Crippen LogP contribution in [-0.4, -0.2) is 24.4 Å². The second-order valence-corrected chi connectivity index (χ2v) is 4.53. The van der Waals surface area contributed by atoms with Gasteiger partial charge >= 0.3 is 0 Å². The van der Waals surface area contributed by atoms with Gasteiger partial charge in [-0.25, -0.2) is 4.39 Å². The van der Waals surface area contributed by atoms with Crippen molar-refractivity contribution in [2.75, 3.05) is 24.6 Å². The minimum absolute atomic E-state index is 0.149. The van der Waals surface area contributed by atoms with Crippen LogP contribution in [0.2, 0.25) is 0 Å². The van der Waals surface area contributed by atoms with E-state index in [4.69, 9.17) is 10.2 Å². The summed E-state index contributed by atoms with van der Waals surface area (Å²) in [5.74, 6) is 0.0559. The highest BCUT2D eigenvalue weighted by atomic mass is 19.1. The monoisotopic (exact) mass is 277 g/mol. The van der Waals surface area contributed by atoms with Crippen molar-refractivity contribution in [3.05, 3.63) is 48.2 Å². The van der Waals surface area contributed by atoms with Crippen molar-refractivity contribution < 1.29 is 13.6 Å². The van der Waals surface area contributed by atoms with E-state index in [9.17, 15) is 9.18 Å². The number of halogens is 1. The normalized spacial score (nSPS) is 10.8. The third-order valence-corrected chi connectivity index (χ3v) is 2.71. The van der Waals surface area contributed by atoms with Gasteiger partial charge in [-0.15, -0.1) is 0 Å². The molecule has 0 fully saturated rings. The number of furan rings is 1. The van der Waals surface area contributed by atoms with Gasteiger partial charge in [0.05, 0.1) is 30.7 Å². The number of nitrogens with two attached hydrogens (primary N) is 1. The standard InChI is InChI=1S/C14H16FN3O2/c1-18(8-11-3-2-6-20-11)9-14(19)17-13-7-10(15)4-5-12(13)16/h2-7H,8-9,16H2,1H3,(H,17,19). The van der Waals surface area contributed by atoms with E-state index in [0.29, 0.717) is 12.2 Å². The molecule has 0 saturated heterocycles. The summed E-state index contributed by atoms with van der Waals surface area (Å²) < 4.78 is 18.3. The van der Waals surface area contributed by atoms with Crippen LogP contribution in [0, 0.1) is 5.82 Å². The predicted molar refractivity (Wildman–Crippen MR) is 74.5 cm³/mol. The zero-order chi connectivity index (χ0) is 14.5. The van der Waals surface area contributed by atoms with Crippen molar-refractivity contribution in [2.45, 2.75) is 6.54 Å². The smallest absolute Gasteiger partial charge is 0.238 e. The summed E-state index contributed by atoms with van der Waals surface area (Å²) in [5.41, 5.74) is 6.27. The van der Waals surface area contributed by atoms with Gasteiger partial charge in [-0.1, -0.05) is 0 Å². The highest BCUT2D eigenvalue weighted by molar-refractivity contribution is 5.95. The summed E-state index contributed by atoms with van der Waals surface area (Å²) in [6, 6.07) is 7.47. The average Bonchev–Trinajstić information content (AvgIpc) is 2.86. The number of nitrogens with one attached hydrogen (secondary N) is 1. The van der Waals surface area contributed by atoms with Crippen LogP contribution in [-0.2, 0) is 11.3 Å². The maximum absolute atomic E-state index is 13.1. The zero-order valence-corrected chi connectivity index (χ0v) is 11.1. The number of carbonyl (C=O) groups is 1. The van der Waals surface area contributed by atoms with E-state index in [2.05, 4.69) is 5.32 Å². The molecule has 2 rings (SSSR count). The SMILES string of the molecule is CN(CC(=O)Nc1cc(F)ccc1N)Cc1ccco1. The van der Waals surface area contributed by atoms with Crippen molar-refractivity contribution in [3.63, 3.8) is 0 Å². The highest BCUT2D eigenvalue weighted by Gasteiger charge is 2.10. The fourth-order valence-corrected chi connectivity index (χ4v) is 1.80. The van der Waals surface area contributed by atoms with Crippen molar-refractivity contribution in [1.29, 1.82) is 0 Å². The molecular formula is C14H16FN3O2.